The number of thioether (sulfide) groups is 1. The molecule has 1 unspecified atom stereocenters. The van der Waals surface area contributed by atoms with E-state index < -0.39 is 10.0 Å². The highest BCUT2D eigenvalue weighted by molar-refractivity contribution is 8.00. The van der Waals surface area contributed by atoms with Crippen LogP contribution in [0, 0.1) is 0 Å². The van der Waals surface area contributed by atoms with Crippen LogP contribution >= 0.6 is 11.8 Å². The third-order valence-electron chi connectivity index (χ3n) is 3.36. The molecule has 5 nitrogen and oxygen atoms in total. The summed E-state index contributed by atoms with van der Waals surface area (Å²) in [5.74, 6) is -0.102. The Labute approximate surface area is 139 Å². The highest BCUT2D eigenvalue weighted by Gasteiger charge is 2.22. The van der Waals surface area contributed by atoms with Gasteiger partial charge in [0.1, 0.15) is 0 Å². The second-order valence-corrected chi connectivity index (χ2v) is 8.47. The maximum atomic E-state index is 12.5. The number of anilines is 2. The molecule has 0 saturated carbocycles. The first kappa shape index (κ1) is 15.9. The molecule has 0 bridgehead atoms. The SMILES string of the molecule is CC1CC(=O)Nc2cc(S(=O)(=O)Nc3ccccc3)ccc2S1. The molecule has 1 atom stereocenters. The van der Waals surface area contributed by atoms with E-state index >= 15 is 0 Å². The Balaban J connectivity index is 1.93. The minimum Gasteiger partial charge on any atom is -0.325 e. The largest absolute Gasteiger partial charge is 0.325 e. The van der Waals surface area contributed by atoms with Crippen LogP contribution in [-0.2, 0) is 14.8 Å². The fourth-order valence-corrected chi connectivity index (χ4v) is 4.45. The van der Waals surface area contributed by atoms with Crippen molar-refractivity contribution in [3.8, 4) is 0 Å². The number of sulfonamides is 1. The summed E-state index contributed by atoms with van der Waals surface area (Å²) in [6, 6.07) is 13.5. The lowest BCUT2D eigenvalue weighted by molar-refractivity contribution is -0.116. The van der Waals surface area contributed by atoms with Crippen LogP contribution in [0.5, 0.6) is 0 Å². The Morgan fingerprint density at radius 3 is 2.65 bits per heavy atom. The van der Waals surface area contributed by atoms with E-state index in [0.717, 1.165) is 4.90 Å². The van der Waals surface area contributed by atoms with Crippen LogP contribution < -0.4 is 10.0 Å². The fraction of sp³-hybridized carbons (Fsp3) is 0.188. The molecule has 1 aliphatic heterocycles. The van der Waals surface area contributed by atoms with Crippen LogP contribution in [0.15, 0.2) is 58.3 Å². The second-order valence-electron chi connectivity index (χ2n) is 5.31. The van der Waals surface area contributed by atoms with E-state index in [0.29, 0.717) is 17.8 Å². The zero-order chi connectivity index (χ0) is 16.4. The van der Waals surface area contributed by atoms with E-state index in [9.17, 15) is 13.2 Å². The number of carbonyl (C=O) groups is 1. The van der Waals surface area contributed by atoms with Gasteiger partial charge in [-0.15, -0.1) is 11.8 Å². The van der Waals surface area contributed by atoms with Crippen LogP contribution in [0.3, 0.4) is 0 Å². The molecule has 1 amide bonds. The Hall–Kier alpha value is -1.99. The monoisotopic (exact) mass is 348 g/mol. The van der Waals surface area contributed by atoms with Crippen LogP contribution in [0.25, 0.3) is 0 Å². The van der Waals surface area contributed by atoms with Gasteiger partial charge in [0.15, 0.2) is 0 Å². The van der Waals surface area contributed by atoms with Crippen molar-refractivity contribution in [3.63, 3.8) is 0 Å². The van der Waals surface area contributed by atoms with E-state index in [1.807, 2.05) is 13.0 Å². The maximum Gasteiger partial charge on any atom is 0.261 e. The van der Waals surface area contributed by atoms with Gasteiger partial charge in [0.05, 0.1) is 10.6 Å². The molecule has 0 aliphatic carbocycles. The third-order valence-corrected chi connectivity index (χ3v) is 5.92. The van der Waals surface area contributed by atoms with Gasteiger partial charge in [0.2, 0.25) is 5.91 Å². The summed E-state index contributed by atoms with van der Waals surface area (Å²) in [6.45, 7) is 1.97. The van der Waals surface area contributed by atoms with Crippen molar-refractivity contribution < 1.29 is 13.2 Å². The summed E-state index contributed by atoms with van der Waals surface area (Å²) in [7, 11) is -3.70. The summed E-state index contributed by atoms with van der Waals surface area (Å²) in [4.78, 5) is 12.8. The molecule has 0 fully saturated rings. The first-order valence-electron chi connectivity index (χ1n) is 7.12. The number of nitrogens with one attached hydrogen (secondary N) is 2. The second kappa shape index (κ2) is 6.25. The van der Waals surface area contributed by atoms with Gasteiger partial charge >= 0.3 is 0 Å². The number of benzene rings is 2. The summed E-state index contributed by atoms with van der Waals surface area (Å²) < 4.78 is 27.5. The van der Waals surface area contributed by atoms with Crippen molar-refractivity contribution in [2.75, 3.05) is 10.0 Å². The Kier molecular flexibility index (Phi) is 4.32. The molecule has 0 aromatic heterocycles. The molecule has 2 N–H and O–H groups in total. The van der Waals surface area contributed by atoms with E-state index in [1.165, 1.54) is 6.07 Å². The number of fused-ring (bicyclic) bond motifs is 1. The van der Waals surface area contributed by atoms with Gasteiger partial charge in [0, 0.05) is 22.3 Å². The molecular formula is C16H16N2O3S2. The molecule has 1 heterocycles. The van der Waals surface area contributed by atoms with Gasteiger partial charge in [-0.3, -0.25) is 9.52 Å². The number of hydrogen-bond acceptors (Lipinski definition) is 4. The fourth-order valence-electron chi connectivity index (χ4n) is 2.32. The number of hydrogen-bond donors (Lipinski definition) is 2. The van der Waals surface area contributed by atoms with Crippen molar-refractivity contribution in [1.29, 1.82) is 0 Å². The predicted molar refractivity (Wildman–Crippen MR) is 92.3 cm³/mol. The summed E-state index contributed by atoms with van der Waals surface area (Å²) in [5, 5.41) is 2.93. The lowest BCUT2D eigenvalue weighted by atomic mass is 10.3. The highest BCUT2D eigenvalue weighted by Crippen LogP contribution is 2.36. The summed E-state index contributed by atoms with van der Waals surface area (Å²) in [6.07, 6.45) is 0.406. The summed E-state index contributed by atoms with van der Waals surface area (Å²) >= 11 is 1.56. The van der Waals surface area contributed by atoms with Gasteiger partial charge in [-0.05, 0) is 30.3 Å². The van der Waals surface area contributed by atoms with Crippen LogP contribution in [0.4, 0.5) is 11.4 Å². The number of para-hydroxylation sites is 1. The lowest BCUT2D eigenvalue weighted by Gasteiger charge is -2.12. The van der Waals surface area contributed by atoms with Crippen LogP contribution in [0.2, 0.25) is 0 Å². The van der Waals surface area contributed by atoms with Crippen LogP contribution in [-0.4, -0.2) is 19.6 Å². The molecule has 23 heavy (non-hydrogen) atoms. The average molecular weight is 348 g/mol. The molecule has 3 rings (SSSR count). The first-order chi connectivity index (χ1) is 10.9. The molecule has 2 aromatic rings. The molecule has 0 radical (unpaired) electrons. The number of amides is 1. The zero-order valence-electron chi connectivity index (χ0n) is 12.4. The van der Waals surface area contributed by atoms with Gasteiger partial charge in [-0.25, -0.2) is 8.42 Å². The Morgan fingerprint density at radius 1 is 1.17 bits per heavy atom. The maximum absolute atomic E-state index is 12.5. The third kappa shape index (κ3) is 3.68. The quantitative estimate of drug-likeness (QED) is 0.892. The smallest absolute Gasteiger partial charge is 0.261 e. The molecular weight excluding hydrogens is 332 g/mol. The van der Waals surface area contributed by atoms with Gasteiger partial charge < -0.3 is 5.32 Å². The number of carbonyl (C=O) groups excluding carboxylic acids is 1. The molecule has 120 valence electrons. The number of rotatable bonds is 3. The highest BCUT2D eigenvalue weighted by atomic mass is 32.2. The Morgan fingerprint density at radius 2 is 1.91 bits per heavy atom. The molecule has 0 spiro atoms. The molecule has 0 saturated heterocycles. The van der Waals surface area contributed by atoms with Crippen molar-refractivity contribution in [2.24, 2.45) is 0 Å². The predicted octanol–water partition coefficient (Wildman–Crippen LogP) is 3.31. The van der Waals surface area contributed by atoms with E-state index in [4.69, 9.17) is 0 Å². The lowest BCUT2D eigenvalue weighted by Crippen LogP contribution is -2.15. The Bertz CT molecular complexity index is 836. The van der Waals surface area contributed by atoms with Crippen molar-refractivity contribution in [2.45, 2.75) is 28.4 Å². The van der Waals surface area contributed by atoms with E-state index in [1.54, 1.807) is 48.2 Å². The first-order valence-corrected chi connectivity index (χ1v) is 9.49. The van der Waals surface area contributed by atoms with Gasteiger partial charge in [0.25, 0.3) is 10.0 Å². The average Bonchev–Trinajstić information content (AvgIpc) is 2.63. The van der Waals surface area contributed by atoms with E-state index in [-0.39, 0.29) is 16.1 Å². The van der Waals surface area contributed by atoms with Gasteiger partial charge in [-0.2, -0.15) is 0 Å². The van der Waals surface area contributed by atoms with Crippen molar-refractivity contribution in [1.82, 2.24) is 0 Å². The normalized spacial score (nSPS) is 17.8. The minimum absolute atomic E-state index is 0.102. The van der Waals surface area contributed by atoms with Crippen molar-refractivity contribution in [3.05, 3.63) is 48.5 Å². The zero-order valence-corrected chi connectivity index (χ0v) is 14.1. The van der Waals surface area contributed by atoms with Crippen LogP contribution in [0.1, 0.15) is 13.3 Å². The van der Waals surface area contributed by atoms with Crippen molar-refractivity contribution >= 4 is 39.1 Å². The topological polar surface area (TPSA) is 75.3 Å². The van der Waals surface area contributed by atoms with Gasteiger partial charge in [-0.1, -0.05) is 25.1 Å². The minimum atomic E-state index is -3.70. The van der Waals surface area contributed by atoms with E-state index in [2.05, 4.69) is 10.0 Å². The molecule has 7 heteroatoms. The summed E-state index contributed by atoms with van der Waals surface area (Å²) in [5.41, 5.74) is 1.04. The molecule has 1 aliphatic rings. The standard InChI is InChI=1S/C16H16N2O3S2/c1-11-9-16(19)17-14-10-13(7-8-15(14)22-11)23(20,21)18-12-5-3-2-4-6-12/h2-8,10-11,18H,9H2,1H3,(H,17,19). The molecule has 2 aromatic carbocycles.